The van der Waals surface area contributed by atoms with Crippen molar-refractivity contribution < 1.29 is 18.0 Å². The van der Waals surface area contributed by atoms with Gasteiger partial charge in [0.1, 0.15) is 16.7 Å². The highest BCUT2D eigenvalue weighted by atomic mass is 35.5. The molecular formula is C16H13ClF3N3O. The van der Waals surface area contributed by atoms with Gasteiger partial charge >= 0.3 is 6.18 Å². The molecule has 2 heterocycles. The molecule has 0 amide bonds. The maximum absolute atomic E-state index is 13.0. The molecule has 0 bridgehead atoms. The average Bonchev–Trinajstić information content (AvgIpc) is 2.49. The Morgan fingerprint density at radius 1 is 1.21 bits per heavy atom. The molecule has 0 aromatic carbocycles. The number of hydrogen-bond acceptors (Lipinski definition) is 4. The summed E-state index contributed by atoms with van der Waals surface area (Å²) in [6.45, 7) is 2.99. The average molecular weight is 356 g/mol. The summed E-state index contributed by atoms with van der Waals surface area (Å²) >= 11 is 5.84. The number of rotatable bonds is 1. The van der Waals surface area contributed by atoms with Crippen molar-refractivity contribution in [3.8, 4) is 0 Å². The molecule has 0 fully saturated rings. The fourth-order valence-corrected chi connectivity index (χ4v) is 3.06. The fourth-order valence-electron chi connectivity index (χ4n) is 2.89. The van der Waals surface area contributed by atoms with Gasteiger partial charge in [-0.3, -0.25) is 4.79 Å². The Kier molecular flexibility index (Phi) is 3.86. The fraction of sp³-hybridized carbons (Fsp3) is 0.375. The molecule has 0 saturated heterocycles. The zero-order valence-corrected chi connectivity index (χ0v) is 13.7. The molecule has 1 atom stereocenters. The Bertz CT molecular complexity index is 838. The highest BCUT2D eigenvalue weighted by molar-refractivity contribution is 6.29. The molecule has 0 saturated carbocycles. The van der Waals surface area contributed by atoms with Crippen molar-refractivity contribution >= 4 is 17.4 Å². The lowest BCUT2D eigenvalue weighted by atomic mass is 9.71. The van der Waals surface area contributed by atoms with Gasteiger partial charge in [-0.1, -0.05) is 11.6 Å². The molecule has 8 heteroatoms. The van der Waals surface area contributed by atoms with E-state index in [0.717, 1.165) is 6.07 Å². The third kappa shape index (κ3) is 2.77. The topological polar surface area (TPSA) is 55.7 Å². The summed E-state index contributed by atoms with van der Waals surface area (Å²) in [7, 11) is 0. The van der Waals surface area contributed by atoms with Gasteiger partial charge in [-0.05, 0) is 44.9 Å². The van der Waals surface area contributed by atoms with Gasteiger partial charge in [0.25, 0.3) is 0 Å². The molecule has 2 aromatic rings. The van der Waals surface area contributed by atoms with Crippen molar-refractivity contribution in [2.75, 3.05) is 0 Å². The van der Waals surface area contributed by atoms with Crippen LogP contribution in [0.4, 0.5) is 13.2 Å². The van der Waals surface area contributed by atoms with Gasteiger partial charge in [-0.15, -0.1) is 0 Å². The van der Waals surface area contributed by atoms with E-state index in [4.69, 9.17) is 11.6 Å². The number of fused-ring (bicyclic) bond motifs is 1. The minimum atomic E-state index is -4.59. The number of hydrogen-bond donors (Lipinski definition) is 0. The van der Waals surface area contributed by atoms with E-state index < -0.39 is 17.3 Å². The number of alkyl halides is 3. The predicted molar refractivity (Wildman–Crippen MR) is 81.0 cm³/mol. The first-order valence-corrected chi connectivity index (χ1v) is 7.62. The van der Waals surface area contributed by atoms with Crippen LogP contribution in [0.2, 0.25) is 5.15 Å². The molecule has 0 radical (unpaired) electrons. The van der Waals surface area contributed by atoms with Crippen LogP contribution in [0.25, 0.3) is 0 Å². The Morgan fingerprint density at radius 2 is 1.92 bits per heavy atom. The van der Waals surface area contributed by atoms with Crippen LogP contribution in [-0.4, -0.2) is 20.7 Å². The van der Waals surface area contributed by atoms with Crippen LogP contribution in [0.5, 0.6) is 0 Å². The van der Waals surface area contributed by atoms with Gasteiger partial charge in [0, 0.05) is 5.56 Å². The zero-order valence-electron chi connectivity index (χ0n) is 12.9. The number of ketones is 1. The van der Waals surface area contributed by atoms with Crippen molar-refractivity contribution in [2.45, 2.75) is 38.3 Å². The normalized spacial score (nSPS) is 20.8. The maximum Gasteiger partial charge on any atom is 0.433 e. The van der Waals surface area contributed by atoms with Gasteiger partial charge in [0.15, 0.2) is 5.78 Å². The smallest absolute Gasteiger partial charge is 0.293 e. The molecule has 1 aliphatic rings. The number of aryl methyl sites for hydroxylation is 2. The second kappa shape index (κ2) is 5.51. The molecule has 3 rings (SSSR count). The van der Waals surface area contributed by atoms with Crippen molar-refractivity contribution in [3.05, 3.63) is 51.8 Å². The second-order valence-electron chi connectivity index (χ2n) is 5.97. The molecule has 126 valence electrons. The number of Topliss-reactive ketones (excluding diaryl/α,β-unsaturated/α-hetero) is 1. The second-order valence-corrected chi connectivity index (χ2v) is 6.36. The number of aromatic nitrogens is 3. The van der Waals surface area contributed by atoms with Crippen LogP contribution >= 0.6 is 11.6 Å². The third-order valence-electron chi connectivity index (χ3n) is 4.24. The van der Waals surface area contributed by atoms with Crippen molar-refractivity contribution in [1.29, 1.82) is 0 Å². The van der Waals surface area contributed by atoms with Crippen LogP contribution in [0.3, 0.4) is 0 Å². The van der Waals surface area contributed by atoms with E-state index >= 15 is 0 Å². The molecule has 4 nitrogen and oxygen atoms in total. The van der Waals surface area contributed by atoms with Crippen LogP contribution in [0, 0.1) is 6.92 Å². The molecule has 2 aromatic heterocycles. The summed E-state index contributed by atoms with van der Waals surface area (Å²) in [6, 6.07) is 3.92. The van der Waals surface area contributed by atoms with Crippen molar-refractivity contribution in [3.63, 3.8) is 0 Å². The van der Waals surface area contributed by atoms with Gasteiger partial charge in [0.2, 0.25) is 0 Å². The lowest BCUT2D eigenvalue weighted by molar-refractivity contribution is -0.141. The Morgan fingerprint density at radius 3 is 2.58 bits per heavy atom. The third-order valence-corrected chi connectivity index (χ3v) is 4.45. The number of carbonyl (C=O) groups excluding carboxylic acids is 1. The Balaban J connectivity index is 2.11. The van der Waals surface area contributed by atoms with E-state index in [1.165, 1.54) is 13.0 Å². The van der Waals surface area contributed by atoms with Crippen LogP contribution in [0.1, 0.15) is 46.6 Å². The monoisotopic (exact) mass is 355 g/mol. The SMILES string of the molecule is Cc1nc(C(F)(F)F)cc(C2(C)CCc3nc(Cl)ccc3C2=O)n1. The molecular weight excluding hydrogens is 343 g/mol. The summed E-state index contributed by atoms with van der Waals surface area (Å²) in [6.07, 6.45) is -3.86. The largest absolute Gasteiger partial charge is 0.433 e. The summed E-state index contributed by atoms with van der Waals surface area (Å²) in [5, 5.41) is 0.280. The minimum absolute atomic E-state index is 0.0196. The molecule has 0 aliphatic heterocycles. The van der Waals surface area contributed by atoms with E-state index in [1.807, 2.05) is 0 Å². The number of carbonyl (C=O) groups is 1. The van der Waals surface area contributed by atoms with Crippen molar-refractivity contribution in [2.24, 2.45) is 0 Å². The van der Waals surface area contributed by atoms with Crippen LogP contribution < -0.4 is 0 Å². The van der Waals surface area contributed by atoms with E-state index in [0.29, 0.717) is 24.1 Å². The Hall–Kier alpha value is -2.02. The first-order valence-electron chi connectivity index (χ1n) is 7.25. The highest BCUT2D eigenvalue weighted by Gasteiger charge is 2.43. The van der Waals surface area contributed by atoms with E-state index in [9.17, 15) is 18.0 Å². The van der Waals surface area contributed by atoms with E-state index in [-0.39, 0.29) is 22.5 Å². The molecule has 1 aliphatic carbocycles. The number of pyridine rings is 1. The molecule has 0 spiro atoms. The molecule has 0 N–H and O–H groups in total. The minimum Gasteiger partial charge on any atom is -0.293 e. The van der Waals surface area contributed by atoms with E-state index in [2.05, 4.69) is 15.0 Å². The predicted octanol–water partition coefficient (Wildman–Crippen LogP) is 3.94. The molecule has 24 heavy (non-hydrogen) atoms. The zero-order chi connectivity index (χ0) is 17.7. The number of nitrogens with zero attached hydrogens (tertiary/aromatic N) is 3. The lowest BCUT2D eigenvalue weighted by Gasteiger charge is -2.32. The van der Waals surface area contributed by atoms with Gasteiger partial charge < -0.3 is 0 Å². The molecule has 1 unspecified atom stereocenters. The highest BCUT2D eigenvalue weighted by Crippen LogP contribution is 2.39. The van der Waals surface area contributed by atoms with Gasteiger partial charge in [-0.25, -0.2) is 15.0 Å². The summed E-state index contributed by atoms with van der Waals surface area (Å²) in [5.74, 6) is -0.326. The standard InChI is InChI=1S/C16H13ClF3N3O/c1-8-21-11(7-12(22-8)16(18,19)20)15(2)6-5-10-9(14(15)24)3-4-13(17)23-10/h3-4,7H,5-6H2,1-2H3. The summed E-state index contributed by atoms with van der Waals surface area (Å²) < 4.78 is 39.1. The Labute approximate surface area is 141 Å². The van der Waals surface area contributed by atoms with Crippen LogP contribution in [-0.2, 0) is 18.0 Å². The summed E-state index contributed by atoms with van der Waals surface area (Å²) in [4.78, 5) is 24.6. The van der Waals surface area contributed by atoms with Gasteiger partial charge in [0.05, 0.1) is 16.8 Å². The van der Waals surface area contributed by atoms with Crippen LogP contribution in [0.15, 0.2) is 18.2 Å². The number of halogens is 4. The van der Waals surface area contributed by atoms with E-state index in [1.54, 1.807) is 13.0 Å². The first kappa shape index (κ1) is 16.8. The maximum atomic E-state index is 13.0. The van der Waals surface area contributed by atoms with Gasteiger partial charge in [-0.2, -0.15) is 13.2 Å². The quantitative estimate of drug-likeness (QED) is 0.727. The summed E-state index contributed by atoms with van der Waals surface area (Å²) in [5.41, 5.74) is -1.19. The first-order chi connectivity index (χ1) is 11.1. The lowest BCUT2D eigenvalue weighted by Crippen LogP contribution is -2.39. The van der Waals surface area contributed by atoms with Crippen molar-refractivity contribution in [1.82, 2.24) is 15.0 Å².